The molecule has 1 aromatic rings. The van der Waals surface area contributed by atoms with Crippen molar-refractivity contribution in [3.8, 4) is 0 Å². The highest BCUT2D eigenvalue weighted by atomic mass is 35.5. The first kappa shape index (κ1) is 19.2. The molecule has 3 unspecified atom stereocenters. The molecule has 3 N–H and O–H groups in total. The highest BCUT2D eigenvalue weighted by Crippen LogP contribution is 2.40. The summed E-state index contributed by atoms with van der Waals surface area (Å²) >= 11 is 5.95. The standard InChI is InChI=1S/C20H28ClN3O2/c21-16-9-7-14(8-10-16)20(26)24-17-6-2-1-5-15(17)13-18(24)19(25)23-12-4-3-11-22/h7-10,15,17-18H,1-6,11-13,22H2,(H,23,25). The molecule has 0 bridgehead atoms. The lowest BCUT2D eigenvalue weighted by Gasteiger charge is -2.33. The Kier molecular flexibility index (Phi) is 6.54. The molecule has 5 nitrogen and oxygen atoms in total. The van der Waals surface area contributed by atoms with Crippen LogP contribution in [0.4, 0.5) is 0 Å². The maximum atomic E-state index is 13.2. The molecule has 3 atom stereocenters. The fourth-order valence-corrected chi connectivity index (χ4v) is 4.45. The van der Waals surface area contributed by atoms with Gasteiger partial charge in [0.2, 0.25) is 5.91 Å². The third-order valence-corrected chi connectivity index (χ3v) is 5.90. The molecule has 1 aliphatic carbocycles. The summed E-state index contributed by atoms with van der Waals surface area (Å²) in [6.45, 7) is 1.25. The van der Waals surface area contributed by atoms with Crippen molar-refractivity contribution in [1.29, 1.82) is 0 Å². The number of nitrogens with one attached hydrogen (secondary N) is 1. The Balaban J connectivity index is 1.76. The van der Waals surface area contributed by atoms with Crippen LogP contribution in [0.25, 0.3) is 0 Å². The van der Waals surface area contributed by atoms with Gasteiger partial charge in [0.25, 0.3) is 5.91 Å². The van der Waals surface area contributed by atoms with Crippen molar-refractivity contribution >= 4 is 23.4 Å². The minimum absolute atomic E-state index is 0.0289. The van der Waals surface area contributed by atoms with Crippen LogP contribution >= 0.6 is 11.6 Å². The predicted octanol–water partition coefficient (Wildman–Crippen LogP) is 2.97. The molecule has 1 aliphatic heterocycles. The quantitative estimate of drug-likeness (QED) is 0.748. The van der Waals surface area contributed by atoms with E-state index in [2.05, 4.69) is 5.32 Å². The van der Waals surface area contributed by atoms with Crippen molar-refractivity contribution in [2.24, 2.45) is 11.7 Å². The Hall–Kier alpha value is -1.59. The number of carbonyl (C=O) groups excluding carboxylic acids is 2. The number of amides is 2. The van der Waals surface area contributed by atoms with Gasteiger partial charge in [-0.15, -0.1) is 0 Å². The highest BCUT2D eigenvalue weighted by Gasteiger charge is 2.47. The first-order valence-electron chi connectivity index (χ1n) is 9.68. The minimum Gasteiger partial charge on any atom is -0.354 e. The van der Waals surface area contributed by atoms with Gasteiger partial charge in [-0.1, -0.05) is 24.4 Å². The molecule has 1 aromatic carbocycles. The average Bonchev–Trinajstić information content (AvgIpc) is 3.05. The van der Waals surface area contributed by atoms with E-state index in [9.17, 15) is 9.59 Å². The molecule has 2 fully saturated rings. The van der Waals surface area contributed by atoms with Crippen LogP contribution in [-0.4, -0.2) is 41.9 Å². The van der Waals surface area contributed by atoms with Crippen molar-refractivity contribution in [1.82, 2.24) is 10.2 Å². The van der Waals surface area contributed by atoms with Gasteiger partial charge in [-0.2, -0.15) is 0 Å². The minimum atomic E-state index is -0.371. The van der Waals surface area contributed by atoms with Gasteiger partial charge in [-0.05, 0) is 68.8 Å². The molecule has 0 spiro atoms. The second kappa shape index (κ2) is 8.87. The summed E-state index contributed by atoms with van der Waals surface area (Å²) in [5, 5.41) is 3.61. The Morgan fingerprint density at radius 1 is 1.15 bits per heavy atom. The van der Waals surface area contributed by atoms with Crippen LogP contribution in [0.2, 0.25) is 5.02 Å². The SMILES string of the molecule is NCCCCNC(=O)C1CC2CCCCC2N1C(=O)c1ccc(Cl)cc1. The van der Waals surface area contributed by atoms with Gasteiger partial charge in [-0.25, -0.2) is 0 Å². The maximum Gasteiger partial charge on any atom is 0.254 e. The summed E-state index contributed by atoms with van der Waals surface area (Å²) in [5.74, 6) is 0.344. The van der Waals surface area contributed by atoms with E-state index < -0.39 is 0 Å². The molecular formula is C20H28ClN3O2. The summed E-state index contributed by atoms with van der Waals surface area (Å²) in [5.41, 5.74) is 6.11. The largest absolute Gasteiger partial charge is 0.354 e. The number of fused-ring (bicyclic) bond motifs is 1. The van der Waals surface area contributed by atoms with Crippen molar-refractivity contribution < 1.29 is 9.59 Å². The number of likely N-dealkylation sites (tertiary alicyclic amines) is 1. The zero-order chi connectivity index (χ0) is 18.5. The monoisotopic (exact) mass is 377 g/mol. The van der Waals surface area contributed by atoms with E-state index in [0.717, 1.165) is 38.5 Å². The van der Waals surface area contributed by atoms with Crippen molar-refractivity contribution in [3.63, 3.8) is 0 Å². The number of hydrogen-bond donors (Lipinski definition) is 2. The van der Waals surface area contributed by atoms with E-state index in [-0.39, 0.29) is 23.9 Å². The van der Waals surface area contributed by atoms with Gasteiger partial charge in [0.05, 0.1) is 0 Å². The summed E-state index contributed by atoms with van der Waals surface area (Å²) < 4.78 is 0. The summed E-state index contributed by atoms with van der Waals surface area (Å²) in [6.07, 6.45) is 6.93. The van der Waals surface area contributed by atoms with Crippen LogP contribution in [0.5, 0.6) is 0 Å². The van der Waals surface area contributed by atoms with Crippen LogP contribution in [0.3, 0.4) is 0 Å². The van der Waals surface area contributed by atoms with Crippen LogP contribution in [-0.2, 0) is 4.79 Å². The third kappa shape index (κ3) is 4.21. The molecule has 26 heavy (non-hydrogen) atoms. The van der Waals surface area contributed by atoms with Gasteiger partial charge in [0.1, 0.15) is 6.04 Å². The molecule has 0 aromatic heterocycles. The Morgan fingerprint density at radius 3 is 2.62 bits per heavy atom. The van der Waals surface area contributed by atoms with Crippen LogP contribution in [0, 0.1) is 5.92 Å². The molecule has 3 rings (SSSR count). The summed E-state index contributed by atoms with van der Waals surface area (Å²) in [7, 11) is 0. The second-order valence-electron chi connectivity index (χ2n) is 7.37. The fraction of sp³-hybridized carbons (Fsp3) is 0.600. The first-order chi connectivity index (χ1) is 12.6. The number of rotatable bonds is 6. The van der Waals surface area contributed by atoms with E-state index in [1.54, 1.807) is 24.3 Å². The molecule has 2 amide bonds. The van der Waals surface area contributed by atoms with Gasteiger partial charge < -0.3 is 16.0 Å². The Morgan fingerprint density at radius 2 is 1.88 bits per heavy atom. The molecular weight excluding hydrogens is 350 g/mol. The van der Waals surface area contributed by atoms with E-state index >= 15 is 0 Å². The van der Waals surface area contributed by atoms with Crippen LogP contribution < -0.4 is 11.1 Å². The van der Waals surface area contributed by atoms with E-state index in [0.29, 0.717) is 29.6 Å². The van der Waals surface area contributed by atoms with Gasteiger partial charge >= 0.3 is 0 Å². The van der Waals surface area contributed by atoms with Gasteiger partial charge in [0, 0.05) is 23.2 Å². The average molecular weight is 378 g/mol. The van der Waals surface area contributed by atoms with E-state index in [1.165, 1.54) is 6.42 Å². The van der Waals surface area contributed by atoms with Crippen LogP contribution in [0.15, 0.2) is 24.3 Å². The first-order valence-corrected chi connectivity index (χ1v) is 10.1. The number of unbranched alkanes of at least 4 members (excludes halogenated alkanes) is 1. The molecule has 0 radical (unpaired) electrons. The lowest BCUT2D eigenvalue weighted by Crippen LogP contribution is -2.49. The summed E-state index contributed by atoms with van der Waals surface area (Å²) in [6, 6.07) is 6.75. The Labute approximate surface area is 160 Å². The number of halogens is 1. The smallest absolute Gasteiger partial charge is 0.254 e. The number of carbonyl (C=O) groups is 2. The van der Waals surface area contributed by atoms with Gasteiger partial charge in [-0.3, -0.25) is 9.59 Å². The maximum absolute atomic E-state index is 13.2. The summed E-state index contributed by atoms with van der Waals surface area (Å²) in [4.78, 5) is 27.8. The number of nitrogens with two attached hydrogens (primary N) is 1. The zero-order valence-electron chi connectivity index (χ0n) is 15.1. The molecule has 1 saturated carbocycles. The zero-order valence-corrected chi connectivity index (χ0v) is 15.9. The normalized spacial score (nSPS) is 25.0. The highest BCUT2D eigenvalue weighted by molar-refractivity contribution is 6.30. The fourth-order valence-electron chi connectivity index (χ4n) is 4.33. The van der Waals surface area contributed by atoms with E-state index in [4.69, 9.17) is 17.3 Å². The molecule has 1 heterocycles. The Bertz CT molecular complexity index is 634. The molecule has 142 valence electrons. The van der Waals surface area contributed by atoms with Crippen molar-refractivity contribution in [2.45, 2.75) is 57.0 Å². The van der Waals surface area contributed by atoms with E-state index in [1.807, 2.05) is 4.90 Å². The second-order valence-corrected chi connectivity index (χ2v) is 7.81. The molecule has 6 heteroatoms. The molecule has 1 saturated heterocycles. The predicted molar refractivity (Wildman–Crippen MR) is 103 cm³/mol. The van der Waals surface area contributed by atoms with Gasteiger partial charge in [0.15, 0.2) is 0 Å². The van der Waals surface area contributed by atoms with Crippen LogP contribution in [0.1, 0.15) is 55.3 Å². The lowest BCUT2D eigenvalue weighted by atomic mass is 9.84. The number of hydrogen-bond acceptors (Lipinski definition) is 3. The third-order valence-electron chi connectivity index (χ3n) is 5.65. The van der Waals surface area contributed by atoms with Crippen molar-refractivity contribution in [2.75, 3.05) is 13.1 Å². The number of nitrogens with zero attached hydrogens (tertiary/aromatic N) is 1. The number of benzene rings is 1. The lowest BCUT2D eigenvalue weighted by molar-refractivity contribution is -0.125. The topological polar surface area (TPSA) is 75.4 Å². The molecule has 2 aliphatic rings. The van der Waals surface area contributed by atoms with Crippen molar-refractivity contribution in [3.05, 3.63) is 34.9 Å².